The van der Waals surface area contributed by atoms with Crippen molar-refractivity contribution in [1.82, 2.24) is 15.1 Å². The summed E-state index contributed by atoms with van der Waals surface area (Å²) in [4.78, 5) is 0. The molecule has 0 bridgehead atoms. The molecule has 1 atom stereocenters. The Hall–Kier alpha value is -0.830. The smallest absolute Gasteiger partial charge is 0.0597 e. The van der Waals surface area contributed by atoms with Gasteiger partial charge in [-0.1, -0.05) is 27.7 Å². The van der Waals surface area contributed by atoms with E-state index in [1.165, 1.54) is 25.0 Å². The summed E-state index contributed by atoms with van der Waals surface area (Å²) in [6, 6.07) is 2.63. The third-order valence-electron chi connectivity index (χ3n) is 3.22. The van der Waals surface area contributed by atoms with Gasteiger partial charge < -0.3 is 5.32 Å². The third kappa shape index (κ3) is 4.81. The van der Waals surface area contributed by atoms with E-state index in [1.807, 2.05) is 11.7 Å². The number of hydrogen-bond acceptors (Lipinski definition) is 2. The van der Waals surface area contributed by atoms with Crippen LogP contribution in [-0.4, -0.2) is 16.3 Å². The van der Waals surface area contributed by atoms with Gasteiger partial charge in [0, 0.05) is 13.1 Å². The van der Waals surface area contributed by atoms with Gasteiger partial charge >= 0.3 is 0 Å². The highest BCUT2D eigenvalue weighted by Gasteiger charge is 2.19. The van der Waals surface area contributed by atoms with Gasteiger partial charge in [0.25, 0.3) is 0 Å². The second kappa shape index (κ2) is 6.37. The van der Waals surface area contributed by atoms with E-state index in [1.54, 1.807) is 0 Å². The van der Waals surface area contributed by atoms with Crippen molar-refractivity contribution in [2.75, 3.05) is 6.54 Å². The van der Waals surface area contributed by atoms with Crippen LogP contribution in [-0.2, 0) is 7.05 Å². The molecule has 1 N–H and O–H groups in total. The lowest BCUT2D eigenvalue weighted by atomic mass is 9.88. The zero-order valence-corrected chi connectivity index (χ0v) is 12.9. The molecule has 0 radical (unpaired) electrons. The molecule has 18 heavy (non-hydrogen) atoms. The Morgan fingerprint density at radius 3 is 2.50 bits per heavy atom. The van der Waals surface area contributed by atoms with Crippen molar-refractivity contribution >= 4 is 0 Å². The lowest BCUT2D eigenvalue weighted by Crippen LogP contribution is -2.25. The minimum absolute atomic E-state index is 0.389. The van der Waals surface area contributed by atoms with Crippen LogP contribution in [0.25, 0.3) is 0 Å². The first-order chi connectivity index (χ1) is 8.33. The number of nitrogens with zero attached hydrogens (tertiary/aromatic N) is 2. The monoisotopic (exact) mass is 251 g/mol. The normalized spacial score (nSPS) is 13.9. The molecule has 1 aromatic rings. The van der Waals surface area contributed by atoms with Crippen molar-refractivity contribution in [3.63, 3.8) is 0 Å². The number of hydrogen-bond donors (Lipinski definition) is 1. The van der Waals surface area contributed by atoms with Gasteiger partial charge in [-0.2, -0.15) is 5.10 Å². The van der Waals surface area contributed by atoms with Gasteiger partial charge in [-0.25, -0.2) is 0 Å². The van der Waals surface area contributed by atoms with E-state index in [0.29, 0.717) is 11.5 Å². The maximum Gasteiger partial charge on any atom is 0.0597 e. The molecular formula is C15H29N3. The van der Waals surface area contributed by atoms with Gasteiger partial charge in [0.1, 0.15) is 0 Å². The minimum atomic E-state index is 0.389. The maximum absolute atomic E-state index is 4.46. The minimum Gasteiger partial charge on any atom is -0.309 e. The first kappa shape index (κ1) is 15.2. The molecule has 1 heterocycles. The van der Waals surface area contributed by atoms with E-state index >= 15 is 0 Å². The van der Waals surface area contributed by atoms with Crippen molar-refractivity contribution in [3.8, 4) is 0 Å². The number of aryl methyl sites for hydroxylation is 2. The lowest BCUT2D eigenvalue weighted by Gasteiger charge is -2.24. The fourth-order valence-electron chi connectivity index (χ4n) is 2.21. The molecule has 0 amide bonds. The highest BCUT2D eigenvalue weighted by Crippen LogP contribution is 2.27. The molecule has 1 aromatic heterocycles. The second-order valence-corrected chi connectivity index (χ2v) is 6.44. The average molecular weight is 251 g/mol. The predicted octanol–water partition coefficient (Wildman–Crippen LogP) is 3.60. The van der Waals surface area contributed by atoms with Crippen molar-refractivity contribution in [1.29, 1.82) is 0 Å². The predicted molar refractivity (Wildman–Crippen MR) is 77.7 cm³/mol. The molecule has 0 saturated heterocycles. The van der Waals surface area contributed by atoms with Gasteiger partial charge in [-0.15, -0.1) is 0 Å². The summed E-state index contributed by atoms with van der Waals surface area (Å²) < 4.78 is 2.02. The van der Waals surface area contributed by atoms with Crippen molar-refractivity contribution in [2.24, 2.45) is 12.5 Å². The van der Waals surface area contributed by atoms with Crippen LogP contribution in [0.4, 0.5) is 0 Å². The van der Waals surface area contributed by atoms with Crippen LogP contribution in [0, 0.1) is 12.3 Å². The Morgan fingerprint density at radius 2 is 2.06 bits per heavy atom. The van der Waals surface area contributed by atoms with Crippen molar-refractivity contribution < 1.29 is 0 Å². The number of rotatable bonds is 6. The van der Waals surface area contributed by atoms with E-state index in [0.717, 1.165) is 12.2 Å². The van der Waals surface area contributed by atoms with Gasteiger partial charge in [-0.3, -0.25) is 4.68 Å². The first-order valence-corrected chi connectivity index (χ1v) is 7.07. The SMILES string of the molecule is CCCNC(CCC(C)(C)C)c1cc(C)nn1C. The summed E-state index contributed by atoms with van der Waals surface area (Å²) in [7, 11) is 2.04. The van der Waals surface area contributed by atoms with Gasteiger partial charge in [0.05, 0.1) is 11.4 Å². The lowest BCUT2D eigenvalue weighted by molar-refractivity contribution is 0.326. The molecule has 0 aliphatic heterocycles. The third-order valence-corrected chi connectivity index (χ3v) is 3.22. The van der Waals surface area contributed by atoms with Crippen LogP contribution in [0.3, 0.4) is 0 Å². The fraction of sp³-hybridized carbons (Fsp3) is 0.800. The molecule has 0 spiro atoms. The Morgan fingerprint density at radius 1 is 1.39 bits per heavy atom. The molecule has 3 heteroatoms. The molecule has 0 aliphatic carbocycles. The largest absolute Gasteiger partial charge is 0.309 e. The quantitative estimate of drug-likeness (QED) is 0.837. The van der Waals surface area contributed by atoms with Crippen LogP contribution < -0.4 is 5.32 Å². The molecule has 0 aromatic carbocycles. The maximum atomic E-state index is 4.46. The van der Waals surface area contributed by atoms with E-state index in [4.69, 9.17) is 0 Å². The Bertz CT molecular complexity index is 360. The Balaban J connectivity index is 2.74. The zero-order valence-electron chi connectivity index (χ0n) is 12.9. The van der Waals surface area contributed by atoms with Gasteiger partial charge in [0.2, 0.25) is 0 Å². The Kier molecular flexibility index (Phi) is 5.39. The summed E-state index contributed by atoms with van der Waals surface area (Å²) in [5, 5.41) is 8.11. The summed E-state index contributed by atoms with van der Waals surface area (Å²) in [6.07, 6.45) is 3.56. The molecule has 0 aliphatic rings. The molecule has 0 fully saturated rings. The van der Waals surface area contributed by atoms with Crippen molar-refractivity contribution in [3.05, 3.63) is 17.5 Å². The van der Waals surface area contributed by atoms with E-state index in [-0.39, 0.29) is 0 Å². The van der Waals surface area contributed by atoms with Crippen LogP contribution in [0.5, 0.6) is 0 Å². The standard InChI is InChI=1S/C15H29N3/c1-7-10-16-13(8-9-15(3,4)5)14-11-12(2)17-18(14)6/h11,13,16H,7-10H2,1-6H3. The van der Waals surface area contributed by atoms with E-state index < -0.39 is 0 Å². The highest BCUT2D eigenvalue weighted by molar-refractivity contribution is 5.13. The first-order valence-electron chi connectivity index (χ1n) is 7.07. The fourth-order valence-corrected chi connectivity index (χ4v) is 2.21. The van der Waals surface area contributed by atoms with Crippen LogP contribution in [0.15, 0.2) is 6.07 Å². The topological polar surface area (TPSA) is 29.9 Å². The summed E-state index contributed by atoms with van der Waals surface area (Å²) in [6.45, 7) is 12.3. The van der Waals surface area contributed by atoms with Gasteiger partial charge in [0.15, 0.2) is 0 Å². The van der Waals surface area contributed by atoms with Crippen LogP contribution in [0.1, 0.15) is 64.4 Å². The molecule has 0 saturated carbocycles. The molecule has 3 nitrogen and oxygen atoms in total. The zero-order chi connectivity index (χ0) is 13.8. The summed E-state index contributed by atoms with van der Waals surface area (Å²) in [5.41, 5.74) is 2.80. The summed E-state index contributed by atoms with van der Waals surface area (Å²) >= 11 is 0. The van der Waals surface area contributed by atoms with E-state index in [9.17, 15) is 0 Å². The van der Waals surface area contributed by atoms with E-state index in [2.05, 4.69) is 51.1 Å². The molecule has 1 rings (SSSR count). The van der Waals surface area contributed by atoms with Crippen molar-refractivity contribution in [2.45, 2.75) is 59.9 Å². The number of aromatic nitrogens is 2. The molecule has 1 unspecified atom stereocenters. The highest BCUT2D eigenvalue weighted by atomic mass is 15.3. The van der Waals surface area contributed by atoms with Crippen LogP contribution in [0.2, 0.25) is 0 Å². The molecule has 104 valence electrons. The van der Waals surface area contributed by atoms with Crippen LogP contribution >= 0.6 is 0 Å². The summed E-state index contributed by atoms with van der Waals surface area (Å²) in [5.74, 6) is 0. The van der Waals surface area contributed by atoms with Gasteiger partial charge in [-0.05, 0) is 44.2 Å². The molecular weight excluding hydrogens is 222 g/mol. The number of nitrogens with one attached hydrogen (secondary N) is 1. The average Bonchev–Trinajstić information content (AvgIpc) is 2.57. The second-order valence-electron chi connectivity index (χ2n) is 6.44. The Labute approximate surface area is 112 Å².